The third kappa shape index (κ3) is 3.24. The van der Waals surface area contributed by atoms with Crippen molar-refractivity contribution < 1.29 is 9.66 Å². The van der Waals surface area contributed by atoms with Crippen LogP contribution in [0.4, 0.5) is 5.69 Å². The van der Waals surface area contributed by atoms with Crippen molar-refractivity contribution in [1.82, 2.24) is 9.55 Å². The van der Waals surface area contributed by atoms with Crippen molar-refractivity contribution in [2.75, 3.05) is 6.61 Å². The van der Waals surface area contributed by atoms with Crippen molar-refractivity contribution in [2.24, 2.45) is 0 Å². The maximum Gasteiger partial charge on any atom is 0.271 e. The number of fused-ring (bicyclic) bond motifs is 1. The summed E-state index contributed by atoms with van der Waals surface area (Å²) < 4.78 is 7.07. The largest absolute Gasteiger partial charge is 0.492 e. The van der Waals surface area contributed by atoms with Crippen LogP contribution in [-0.4, -0.2) is 21.1 Å². The molecule has 0 saturated carbocycles. The number of nitro groups is 1. The number of rotatable bonds is 5. The van der Waals surface area contributed by atoms with E-state index >= 15 is 0 Å². The summed E-state index contributed by atoms with van der Waals surface area (Å²) in [6.45, 7) is 2.64. The highest BCUT2D eigenvalue weighted by Crippen LogP contribution is 2.16. The molecule has 0 saturated heterocycles. The van der Waals surface area contributed by atoms with Crippen LogP contribution in [0.3, 0.4) is 0 Å². The van der Waals surface area contributed by atoms with Gasteiger partial charge in [0, 0.05) is 12.1 Å². The molecule has 0 aliphatic rings. The first-order chi connectivity index (χ1) is 11.5. The summed E-state index contributed by atoms with van der Waals surface area (Å²) in [7, 11) is 0. The smallest absolute Gasteiger partial charge is 0.271 e. The van der Waals surface area contributed by atoms with Crippen LogP contribution in [0.15, 0.2) is 53.6 Å². The van der Waals surface area contributed by atoms with E-state index < -0.39 is 4.92 Å². The summed E-state index contributed by atoms with van der Waals surface area (Å²) in [4.78, 5) is 26.8. The van der Waals surface area contributed by atoms with Gasteiger partial charge in [-0.15, -0.1) is 0 Å². The number of aromatic nitrogens is 2. The second kappa shape index (κ2) is 6.49. The number of hydrogen-bond acceptors (Lipinski definition) is 5. The van der Waals surface area contributed by atoms with Crippen molar-refractivity contribution in [1.29, 1.82) is 0 Å². The van der Waals surface area contributed by atoms with E-state index in [4.69, 9.17) is 4.74 Å². The lowest BCUT2D eigenvalue weighted by Crippen LogP contribution is -2.23. The molecule has 7 nitrogen and oxygen atoms in total. The van der Waals surface area contributed by atoms with Crippen LogP contribution in [0.5, 0.6) is 5.75 Å². The highest BCUT2D eigenvalue weighted by Gasteiger charge is 2.10. The predicted molar refractivity (Wildman–Crippen MR) is 89.3 cm³/mol. The molecule has 0 fully saturated rings. The summed E-state index contributed by atoms with van der Waals surface area (Å²) in [6, 6.07) is 11.7. The fourth-order valence-corrected chi connectivity index (χ4v) is 2.39. The van der Waals surface area contributed by atoms with Crippen LogP contribution in [0.2, 0.25) is 0 Å². The van der Waals surface area contributed by atoms with E-state index in [0.717, 1.165) is 11.3 Å². The second-order valence-corrected chi connectivity index (χ2v) is 5.37. The predicted octanol–water partition coefficient (Wildman–Crippen LogP) is 2.69. The minimum atomic E-state index is -0.512. The number of ether oxygens (including phenoxy) is 1. The van der Waals surface area contributed by atoms with E-state index in [2.05, 4.69) is 4.98 Å². The van der Waals surface area contributed by atoms with Crippen LogP contribution < -0.4 is 10.3 Å². The first-order valence-corrected chi connectivity index (χ1v) is 7.37. The second-order valence-electron chi connectivity index (χ2n) is 5.37. The zero-order chi connectivity index (χ0) is 17.1. The molecule has 7 heteroatoms. The summed E-state index contributed by atoms with van der Waals surface area (Å²) in [5.74, 6) is 0.743. The van der Waals surface area contributed by atoms with Crippen molar-refractivity contribution in [3.8, 4) is 5.75 Å². The zero-order valence-corrected chi connectivity index (χ0v) is 13.0. The Hall–Kier alpha value is -3.22. The zero-order valence-electron chi connectivity index (χ0n) is 13.0. The molecule has 0 bridgehead atoms. The Morgan fingerprint density at radius 3 is 2.83 bits per heavy atom. The van der Waals surface area contributed by atoms with E-state index in [0.29, 0.717) is 24.1 Å². The van der Waals surface area contributed by atoms with Gasteiger partial charge in [-0.1, -0.05) is 12.1 Å². The topological polar surface area (TPSA) is 87.3 Å². The maximum absolute atomic E-state index is 12.4. The molecule has 2 aromatic carbocycles. The van der Waals surface area contributed by atoms with Crippen LogP contribution in [0.1, 0.15) is 5.56 Å². The van der Waals surface area contributed by atoms with Crippen molar-refractivity contribution in [2.45, 2.75) is 13.5 Å². The van der Waals surface area contributed by atoms with Gasteiger partial charge in [0.1, 0.15) is 12.4 Å². The van der Waals surface area contributed by atoms with Gasteiger partial charge in [-0.3, -0.25) is 19.5 Å². The maximum atomic E-state index is 12.4. The Kier molecular flexibility index (Phi) is 4.24. The molecule has 3 rings (SSSR count). The van der Waals surface area contributed by atoms with E-state index in [1.54, 1.807) is 0 Å². The molecule has 0 radical (unpaired) electrons. The molecule has 0 aliphatic heterocycles. The minimum Gasteiger partial charge on any atom is -0.492 e. The number of benzene rings is 2. The SMILES string of the molecule is Cc1cccc(OCCn2cnc3cc([N+](=O)[O-])ccc3c2=O)c1. The molecular weight excluding hydrogens is 310 g/mol. The van der Waals surface area contributed by atoms with Gasteiger partial charge in [-0.25, -0.2) is 4.98 Å². The van der Waals surface area contributed by atoms with E-state index in [9.17, 15) is 14.9 Å². The van der Waals surface area contributed by atoms with Gasteiger partial charge in [-0.2, -0.15) is 0 Å². The fourth-order valence-electron chi connectivity index (χ4n) is 2.39. The van der Waals surface area contributed by atoms with Gasteiger partial charge in [0.05, 0.1) is 28.7 Å². The third-order valence-corrected chi connectivity index (χ3v) is 3.61. The van der Waals surface area contributed by atoms with Gasteiger partial charge in [0.15, 0.2) is 0 Å². The molecule has 0 N–H and O–H groups in total. The average Bonchev–Trinajstić information content (AvgIpc) is 2.56. The van der Waals surface area contributed by atoms with E-state index in [1.165, 1.54) is 29.1 Å². The fraction of sp³-hybridized carbons (Fsp3) is 0.176. The first-order valence-electron chi connectivity index (χ1n) is 7.37. The van der Waals surface area contributed by atoms with Gasteiger partial charge in [-0.05, 0) is 30.7 Å². The molecule has 1 aromatic heterocycles. The Bertz CT molecular complexity index is 965. The number of non-ortho nitro benzene ring substituents is 1. The summed E-state index contributed by atoms with van der Waals surface area (Å²) in [5.41, 5.74) is 1.07. The van der Waals surface area contributed by atoms with Gasteiger partial charge < -0.3 is 4.74 Å². The number of nitrogens with zero attached hydrogens (tertiary/aromatic N) is 3. The van der Waals surface area contributed by atoms with E-state index in [-0.39, 0.29) is 11.2 Å². The lowest BCUT2D eigenvalue weighted by molar-refractivity contribution is -0.384. The minimum absolute atomic E-state index is 0.0880. The normalized spacial score (nSPS) is 10.7. The van der Waals surface area contributed by atoms with Gasteiger partial charge in [0.25, 0.3) is 11.2 Å². The standard InChI is InChI=1S/C17H15N3O4/c1-12-3-2-4-14(9-12)24-8-7-19-11-18-16-10-13(20(22)23)5-6-15(16)17(19)21/h2-6,9-11H,7-8H2,1H3. The molecule has 0 spiro atoms. The summed E-state index contributed by atoms with van der Waals surface area (Å²) in [5, 5.41) is 11.1. The van der Waals surface area contributed by atoms with Crippen molar-refractivity contribution >= 4 is 16.6 Å². The third-order valence-electron chi connectivity index (χ3n) is 3.61. The summed E-state index contributed by atoms with van der Waals surface area (Å²) >= 11 is 0. The van der Waals surface area contributed by atoms with E-state index in [1.807, 2.05) is 31.2 Å². The lowest BCUT2D eigenvalue weighted by Gasteiger charge is -2.09. The molecule has 0 aliphatic carbocycles. The Balaban J connectivity index is 1.78. The molecule has 122 valence electrons. The molecule has 0 atom stereocenters. The van der Waals surface area contributed by atoms with Crippen molar-refractivity contribution in [3.05, 3.63) is 74.8 Å². The Morgan fingerprint density at radius 1 is 1.25 bits per heavy atom. The molecule has 0 amide bonds. The number of nitro benzene ring substituents is 1. The van der Waals surface area contributed by atoms with Gasteiger partial charge >= 0.3 is 0 Å². The number of aryl methyl sites for hydroxylation is 1. The first kappa shape index (κ1) is 15.7. The Labute approximate surface area is 137 Å². The highest BCUT2D eigenvalue weighted by molar-refractivity contribution is 5.79. The molecule has 1 heterocycles. The van der Waals surface area contributed by atoms with Crippen LogP contribution >= 0.6 is 0 Å². The van der Waals surface area contributed by atoms with Crippen LogP contribution in [0, 0.1) is 17.0 Å². The van der Waals surface area contributed by atoms with Crippen molar-refractivity contribution in [3.63, 3.8) is 0 Å². The molecule has 0 unspecified atom stereocenters. The monoisotopic (exact) mass is 325 g/mol. The molecule has 3 aromatic rings. The average molecular weight is 325 g/mol. The summed E-state index contributed by atoms with van der Waals surface area (Å²) in [6.07, 6.45) is 1.38. The lowest BCUT2D eigenvalue weighted by atomic mass is 10.2. The Morgan fingerprint density at radius 2 is 2.08 bits per heavy atom. The highest BCUT2D eigenvalue weighted by atomic mass is 16.6. The van der Waals surface area contributed by atoms with Gasteiger partial charge in [0.2, 0.25) is 0 Å². The number of hydrogen-bond donors (Lipinski definition) is 0. The van der Waals surface area contributed by atoms with Crippen LogP contribution in [0.25, 0.3) is 10.9 Å². The van der Waals surface area contributed by atoms with Crippen LogP contribution in [-0.2, 0) is 6.54 Å². The molecule has 24 heavy (non-hydrogen) atoms. The molecular formula is C17H15N3O4. The quantitative estimate of drug-likeness (QED) is 0.531.